The Morgan fingerprint density at radius 1 is 1.44 bits per heavy atom. The highest BCUT2D eigenvalue weighted by atomic mass is 14.8. The summed E-state index contributed by atoms with van der Waals surface area (Å²) in [6.07, 6.45) is -0.862. The maximum absolute atomic E-state index is 7.38. The van der Waals surface area contributed by atoms with E-state index in [0.717, 1.165) is 0 Å². The summed E-state index contributed by atoms with van der Waals surface area (Å²) in [5.74, 6) is 0. The van der Waals surface area contributed by atoms with Gasteiger partial charge in [-0.3, -0.25) is 9.97 Å². The molecule has 0 aliphatic rings. The van der Waals surface area contributed by atoms with Gasteiger partial charge < -0.3 is 0 Å². The van der Waals surface area contributed by atoms with E-state index in [9.17, 15) is 0 Å². The minimum atomic E-state index is -2.93. The molecule has 0 aliphatic heterocycles. The molecule has 0 atom stereocenters. The maximum atomic E-state index is 7.38. The monoisotopic (exact) mass is 132 g/mol. The Morgan fingerprint density at radius 3 is 3.00 bits per heavy atom. The Hall–Kier alpha value is -0.920. The van der Waals surface area contributed by atoms with E-state index in [2.05, 4.69) is 9.97 Å². The Balaban J connectivity index is 3.66. The minimum Gasteiger partial charge on any atom is -0.258 e. The third-order valence-corrected chi connectivity index (χ3v) is 0.722. The third-order valence-electron chi connectivity index (χ3n) is 0.722. The molecule has 1 aromatic heterocycles. The van der Waals surface area contributed by atoms with Crippen molar-refractivity contribution in [3.8, 4) is 0 Å². The van der Waals surface area contributed by atoms with Crippen LogP contribution in [0, 0.1) is 20.6 Å². The average Bonchev–Trinajstić information content (AvgIpc) is 2.11. The molecule has 0 saturated carbocycles. The first-order valence-electron chi connectivity index (χ1n) is 7.14. The van der Waals surface area contributed by atoms with Crippen molar-refractivity contribution in [3.63, 3.8) is 0 Å². The highest BCUT2D eigenvalue weighted by molar-refractivity contribution is 5.09. The number of hydrogen-bond acceptors (Lipinski definition) is 2. The van der Waals surface area contributed by atoms with Crippen LogP contribution >= 0.6 is 0 Å². The zero-order valence-electron chi connectivity index (χ0n) is 14.4. The number of aromatic nitrogens is 2. The predicted molar refractivity (Wildman–Crippen MR) is 36.2 cm³/mol. The topological polar surface area (TPSA) is 25.8 Å². The molecule has 0 fully saturated rings. The highest BCUT2D eigenvalue weighted by Gasteiger charge is 1.92. The average molecular weight is 132 g/mol. The van der Waals surface area contributed by atoms with E-state index in [1.165, 1.54) is 0 Å². The van der Waals surface area contributed by atoms with Gasteiger partial charge in [0.2, 0.25) is 0 Å². The summed E-state index contributed by atoms with van der Waals surface area (Å²) in [6, 6.07) is 0. The van der Waals surface area contributed by atoms with Gasteiger partial charge in [0.1, 0.15) is 0 Å². The Labute approximate surface area is 69.0 Å². The molecular weight excluding hydrogens is 112 g/mol. The first kappa shape index (κ1) is 1.24. The van der Waals surface area contributed by atoms with E-state index < -0.39 is 43.8 Å². The van der Waals surface area contributed by atoms with Crippen LogP contribution < -0.4 is 0 Å². The lowest BCUT2D eigenvalue weighted by atomic mass is 10.3. The molecule has 0 saturated heterocycles. The minimum absolute atomic E-state index is 0.827. The van der Waals surface area contributed by atoms with E-state index in [1.807, 2.05) is 0 Å². The molecule has 0 amide bonds. The molecule has 2 nitrogen and oxygen atoms in total. The van der Waals surface area contributed by atoms with Crippen LogP contribution in [0.2, 0.25) is 0 Å². The lowest BCUT2D eigenvalue weighted by molar-refractivity contribution is 1.00. The fourth-order valence-corrected chi connectivity index (χ4v) is 0.352. The van der Waals surface area contributed by atoms with Crippen LogP contribution in [-0.2, 0) is 0 Å². The summed E-state index contributed by atoms with van der Waals surface area (Å²) in [5.41, 5.74) is -2.60. The number of nitrogens with zero attached hydrogens (tertiary/aromatic N) is 2. The van der Waals surface area contributed by atoms with Gasteiger partial charge in [0.25, 0.3) is 0 Å². The van der Waals surface area contributed by atoms with Crippen molar-refractivity contribution in [1.82, 2.24) is 9.97 Å². The van der Waals surface area contributed by atoms with Crippen molar-refractivity contribution in [1.29, 1.82) is 0 Å². The molecule has 0 N–H and O–H groups in total. The lowest BCUT2D eigenvalue weighted by Gasteiger charge is -1.96. The Bertz CT molecular complexity index is 482. The molecule has 1 rings (SSSR count). The molecule has 1 aromatic rings. The van der Waals surface area contributed by atoms with E-state index in [0.29, 0.717) is 0 Å². The van der Waals surface area contributed by atoms with Gasteiger partial charge in [-0.05, 0) is 20.6 Å². The van der Waals surface area contributed by atoms with Gasteiger partial charge in [-0.2, -0.15) is 0 Å². The zero-order valence-corrected chi connectivity index (χ0v) is 4.39. The van der Waals surface area contributed by atoms with Gasteiger partial charge in [-0.15, -0.1) is 0 Å². The highest BCUT2D eigenvalue weighted by Crippen LogP contribution is 1.98. The van der Waals surface area contributed by atoms with Crippen LogP contribution in [-0.4, -0.2) is 9.97 Å². The molecule has 48 valence electrons. The molecule has 2 heteroatoms. The second kappa shape index (κ2) is 2.13. The molecule has 0 spiro atoms. The number of rotatable bonds is 0. The summed E-state index contributed by atoms with van der Waals surface area (Å²) in [7, 11) is 0. The maximum Gasteiger partial charge on any atom is 0.0860 e. The van der Waals surface area contributed by atoms with Gasteiger partial charge in [0, 0.05) is 18.5 Å². The van der Waals surface area contributed by atoms with E-state index >= 15 is 0 Å². The van der Waals surface area contributed by atoms with Crippen LogP contribution in [0.15, 0.2) is 6.17 Å². The smallest absolute Gasteiger partial charge is 0.0860 e. The van der Waals surface area contributed by atoms with E-state index in [-0.39, 0.29) is 0 Å². The van der Waals surface area contributed by atoms with Gasteiger partial charge in [-0.25, -0.2) is 0 Å². The SMILES string of the molecule is [2H]c1nc(C([2H])([2H])[2H])c(C([2H])([2H])[2H])nc1C([2H])([2H])[2H]. The van der Waals surface area contributed by atoms with Crippen molar-refractivity contribution < 1.29 is 13.7 Å². The van der Waals surface area contributed by atoms with Gasteiger partial charge in [-0.1, -0.05) is 0 Å². The van der Waals surface area contributed by atoms with Crippen molar-refractivity contribution in [2.75, 3.05) is 0 Å². The summed E-state index contributed by atoms with van der Waals surface area (Å²) in [5, 5.41) is 0. The van der Waals surface area contributed by atoms with Crippen molar-refractivity contribution >= 4 is 0 Å². The van der Waals surface area contributed by atoms with Crippen molar-refractivity contribution in [3.05, 3.63) is 23.3 Å². The van der Waals surface area contributed by atoms with Crippen LogP contribution in [0.1, 0.15) is 30.8 Å². The fourth-order valence-electron chi connectivity index (χ4n) is 0.352. The Morgan fingerprint density at radius 2 is 2.33 bits per heavy atom. The molecule has 9 heavy (non-hydrogen) atoms. The van der Waals surface area contributed by atoms with Crippen molar-refractivity contribution in [2.45, 2.75) is 20.6 Å². The molecular formula is C7H10N2. The second-order valence-corrected chi connectivity index (χ2v) is 1.38. The molecule has 0 aromatic carbocycles. The first-order valence-corrected chi connectivity index (χ1v) is 2.14. The second-order valence-electron chi connectivity index (χ2n) is 1.38. The van der Waals surface area contributed by atoms with Gasteiger partial charge >= 0.3 is 0 Å². The first-order chi connectivity index (χ1) is 8.24. The normalized spacial score (nSPS) is 30.2. The summed E-state index contributed by atoms with van der Waals surface area (Å²) >= 11 is 0. The molecule has 0 unspecified atom stereocenters. The number of hydrogen-bond donors (Lipinski definition) is 0. The van der Waals surface area contributed by atoms with Crippen LogP contribution in [0.4, 0.5) is 0 Å². The fraction of sp³-hybridized carbons (Fsp3) is 0.429. The van der Waals surface area contributed by atoms with Crippen LogP contribution in [0.5, 0.6) is 0 Å². The molecule has 0 bridgehead atoms. The quantitative estimate of drug-likeness (QED) is 0.533. The third kappa shape index (κ3) is 1.25. The van der Waals surface area contributed by atoms with E-state index in [1.54, 1.807) is 0 Å². The summed E-state index contributed by atoms with van der Waals surface area (Å²) in [6.45, 7) is -8.65. The summed E-state index contributed by atoms with van der Waals surface area (Å²) in [4.78, 5) is 6.65. The summed E-state index contributed by atoms with van der Waals surface area (Å²) < 4.78 is 71.9. The van der Waals surface area contributed by atoms with Gasteiger partial charge in [0.05, 0.1) is 18.5 Å². The standard InChI is InChI=1S/C7H10N2/c1-5-4-8-6(2)7(3)9-5/h4H,1-3H3/i1D3,2D3,3D3,4D. The Kier molecular flexibility index (Phi) is 0.293. The van der Waals surface area contributed by atoms with Gasteiger partial charge in [0.15, 0.2) is 0 Å². The molecule has 1 heterocycles. The van der Waals surface area contributed by atoms with Crippen LogP contribution in [0.3, 0.4) is 0 Å². The predicted octanol–water partition coefficient (Wildman–Crippen LogP) is 1.40. The van der Waals surface area contributed by atoms with Crippen molar-refractivity contribution in [2.24, 2.45) is 0 Å². The zero-order chi connectivity index (χ0) is 15.2. The molecule has 0 radical (unpaired) electrons. The van der Waals surface area contributed by atoms with Crippen LogP contribution in [0.25, 0.3) is 0 Å². The molecule has 0 aliphatic carbocycles. The largest absolute Gasteiger partial charge is 0.258 e. The lowest BCUT2D eigenvalue weighted by Crippen LogP contribution is -1.92. The number of aryl methyl sites for hydroxylation is 3. The van der Waals surface area contributed by atoms with E-state index in [4.69, 9.17) is 13.7 Å².